The van der Waals surface area contributed by atoms with Crippen molar-refractivity contribution in [3.8, 4) is 0 Å². The van der Waals surface area contributed by atoms with Gasteiger partial charge in [-0.05, 0) is 59.8 Å². The number of imidazole rings is 1. The number of nitrogen functional groups attached to an aromatic ring is 1. The molecule has 3 unspecified atom stereocenters. The first-order valence-electron chi connectivity index (χ1n) is 7.09. The molecule has 1 heterocycles. The lowest BCUT2D eigenvalue weighted by molar-refractivity contribution is 0.213. The number of halogens is 2. The Kier molecular flexibility index (Phi) is 3.64. The Morgan fingerprint density at radius 3 is 2.80 bits per heavy atom. The van der Waals surface area contributed by atoms with E-state index in [1.165, 1.54) is 12.8 Å². The smallest absolute Gasteiger partial charge is 0.201 e. The molecule has 1 aliphatic carbocycles. The molecule has 2 N–H and O–H groups in total. The van der Waals surface area contributed by atoms with Gasteiger partial charge in [-0.15, -0.1) is 0 Å². The second-order valence-corrected chi connectivity index (χ2v) is 7.22. The van der Waals surface area contributed by atoms with Crippen molar-refractivity contribution in [1.29, 1.82) is 0 Å². The van der Waals surface area contributed by atoms with Crippen molar-refractivity contribution in [1.82, 2.24) is 9.55 Å². The van der Waals surface area contributed by atoms with E-state index in [1.54, 1.807) is 12.1 Å². The van der Waals surface area contributed by atoms with E-state index in [9.17, 15) is 4.39 Å². The minimum atomic E-state index is -0.198. The predicted octanol–water partition coefficient (Wildman–Crippen LogP) is 4.36. The van der Waals surface area contributed by atoms with E-state index in [0.717, 1.165) is 23.4 Å². The summed E-state index contributed by atoms with van der Waals surface area (Å²) in [6.45, 7) is 4.55. The van der Waals surface area contributed by atoms with Crippen molar-refractivity contribution in [2.75, 3.05) is 5.73 Å². The normalized spacial score (nSPS) is 27.1. The van der Waals surface area contributed by atoms with Gasteiger partial charge >= 0.3 is 0 Å². The van der Waals surface area contributed by atoms with Gasteiger partial charge in [0.2, 0.25) is 5.95 Å². The molecule has 0 aliphatic heterocycles. The molecule has 0 radical (unpaired) electrons. The zero-order valence-electron chi connectivity index (χ0n) is 11.7. The number of hydrogen-bond donors (Lipinski definition) is 1. The molecular formula is C15H19FIN3. The molecule has 1 fully saturated rings. The van der Waals surface area contributed by atoms with Crippen LogP contribution in [0.5, 0.6) is 0 Å². The molecule has 1 aromatic carbocycles. The highest BCUT2D eigenvalue weighted by molar-refractivity contribution is 14.1. The molecule has 20 heavy (non-hydrogen) atoms. The second kappa shape index (κ2) is 5.16. The average Bonchev–Trinajstić information content (AvgIpc) is 2.66. The van der Waals surface area contributed by atoms with E-state index in [-0.39, 0.29) is 5.82 Å². The molecule has 3 atom stereocenters. The Morgan fingerprint density at radius 1 is 1.35 bits per heavy atom. The van der Waals surface area contributed by atoms with Crippen molar-refractivity contribution >= 4 is 39.6 Å². The Morgan fingerprint density at radius 2 is 2.10 bits per heavy atom. The molecule has 108 valence electrons. The fourth-order valence-electron chi connectivity index (χ4n) is 3.49. The van der Waals surface area contributed by atoms with Crippen LogP contribution in [0.3, 0.4) is 0 Å². The number of rotatable bonds is 1. The summed E-state index contributed by atoms with van der Waals surface area (Å²) in [4.78, 5) is 4.41. The van der Waals surface area contributed by atoms with Gasteiger partial charge in [-0.1, -0.05) is 13.8 Å². The molecule has 0 amide bonds. The highest BCUT2D eigenvalue weighted by atomic mass is 127. The number of anilines is 1. The molecule has 3 nitrogen and oxygen atoms in total. The van der Waals surface area contributed by atoms with E-state index in [2.05, 4.69) is 18.8 Å². The molecule has 1 aliphatic rings. The van der Waals surface area contributed by atoms with Crippen LogP contribution in [-0.4, -0.2) is 9.55 Å². The summed E-state index contributed by atoms with van der Waals surface area (Å²) in [6, 6.07) is 3.68. The van der Waals surface area contributed by atoms with Gasteiger partial charge < -0.3 is 10.3 Å². The van der Waals surface area contributed by atoms with E-state index in [4.69, 9.17) is 5.73 Å². The van der Waals surface area contributed by atoms with Gasteiger partial charge in [0.25, 0.3) is 0 Å². The summed E-state index contributed by atoms with van der Waals surface area (Å²) in [7, 11) is 0. The van der Waals surface area contributed by atoms with E-state index < -0.39 is 0 Å². The molecule has 2 aromatic rings. The minimum Gasteiger partial charge on any atom is -0.369 e. The van der Waals surface area contributed by atoms with Crippen LogP contribution in [0.1, 0.15) is 39.2 Å². The number of fused-ring (bicyclic) bond motifs is 1. The number of nitrogens with two attached hydrogens (primary N) is 1. The maximum atomic E-state index is 13.9. The molecule has 0 bridgehead atoms. The van der Waals surface area contributed by atoms with Gasteiger partial charge in [-0.25, -0.2) is 9.37 Å². The van der Waals surface area contributed by atoms with Crippen LogP contribution in [0.4, 0.5) is 10.3 Å². The van der Waals surface area contributed by atoms with Crippen LogP contribution in [0.2, 0.25) is 0 Å². The van der Waals surface area contributed by atoms with Gasteiger partial charge in [0.15, 0.2) is 0 Å². The van der Waals surface area contributed by atoms with Crippen LogP contribution >= 0.6 is 22.6 Å². The number of benzene rings is 1. The summed E-state index contributed by atoms with van der Waals surface area (Å²) in [6.07, 6.45) is 3.48. The summed E-state index contributed by atoms with van der Waals surface area (Å²) in [5.41, 5.74) is 7.72. The molecule has 3 rings (SSSR count). The monoisotopic (exact) mass is 387 g/mol. The predicted molar refractivity (Wildman–Crippen MR) is 88.0 cm³/mol. The van der Waals surface area contributed by atoms with Crippen molar-refractivity contribution in [3.05, 3.63) is 21.5 Å². The third kappa shape index (κ3) is 2.29. The highest BCUT2D eigenvalue weighted by Crippen LogP contribution is 2.40. The lowest BCUT2D eigenvalue weighted by Gasteiger charge is -2.34. The number of aromatic nitrogens is 2. The number of hydrogen-bond acceptors (Lipinski definition) is 2. The second-order valence-electron chi connectivity index (χ2n) is 6.06. The van der Waals surface area contributed by atoms with Crippen LogP contribution in [0.15, 0.2) is 12.1 Å². The summed E-state index contributed by atoms with van der Waals surface area (Å²) < 4.78 is 16.5. The molecule has 5 heteroatoms. The zero-order chi connectivity index (χ0) is 14.4. The Bertz CT molecular complexity index is 652. The fraction of sp³-hybridized carbons (Fsp3) is 0.533. The average molecular weight is 387 g/mol. The summed E-state index contributed by atoms with van der Waals surface area (Å²) in [5, 5.41) is 0. The zero-order valence-corrected chi connectivity index (χ0v) is 13.9. The summed E-state index contributed by atoms with van der Waals surface area (Å²) in [5.74, 6) is 1.61. The highest BCUT2D eigenvalue weighted by Gasteiger charge is 2.29. The van der Waals surface area contributed by atoms with Crippen LogP contribution in [-0.2, 0) is 0 Å². The lowest BCUT2D eigenvalue weighted by Crippen LogP contribution is -2.25. The van der Waals surface area contributed by atoms with Crippen molar-refractivity contribution in [2.45, 2.75) is 39.2 Å². The third-order valence-electron chi connectivity index (χ3n) is 4.48. The maximum absolute atomic E-state index is 13.9. The molecule has 1 saturated carbocycles. The van der Waals surface area contributed by atoms with Crippen molar-refractivity contribution in [2.24, 2.45) is 11.8 Å². The topological polar surface area (TPSA) is 43.8 Å². The van der Waals surface area contributed by atoms with E-state index >= 15 is 0 Å². The van der Waals surface area contributed by atoms with Gasteiger partial charge in [0, 0.05) is 12.1 Å². The van der Waals surface area contributed by atoms with Gasteiger partial charge in [0.1, 0.15) is 5.82 Å². The Hall–Kier alpha value is -0.850. The SMILES string of the molecule is CC1CCC(n2c(N)nc3cc(I)c(F)cc32)C(C)C1. The lowest BCUT2D eigenvalue weighted by atomic mass is 9.79. The number of nitrogens with zero attached hydrogens (tertiary/aromatic N) is 2. The molecule has 1 aromatic heterocycles. The standard InChI is InChI=1S/C15H19FIN3/c1-8-3-4-13(9(2)5-8)20-14-6-10(16)11(17)7-12(14)19-15(20)18/h6-9,13H,3-5H2,1-2H3,(H2,18,19). The van der Waals surface area contributed by atoms with Crippen molar-refractivity contribution in [3.63, 3.8) is 0 Å². The van der Waals surface area contributed by atoms with Gasteiger partial charge in [0.05, 0.1) is 14.6 Å². The first-order valence-corrected chi connectivity index (χ1v) is 8.17. The quantitative estimate of drug-likeness (QED) is 0.739. The maximum Gasteiger partial charge on any atom is 0.201 e. The van der Waals surface area contributed by atoms with E-state index in [0.29, 0.717) is 21.5 Å². The largest absolute Gasteiger partial charge is 0.369 e. The van der Waals surface area contributed by atoms with E-state index in [1.807, 2.05) is 27.2 Å². The Labute approximate surface area is 131 Å². The first-order chi connectivity index (χ1) is 9.47. The van der Waals surface area contributed by atoms with Crippen molar-refractivity contribution < 1.29 is 4.39 Å². The molecule has 0 saturated heterocycles. The summed E-state index contributed by atoms with van der Waals surface area (Å²) >= 11 is 1.99. The fourth-order valence-corrected chi connectivity index (χ4v) is 3.94. The Balaban J connectivity index is 2.11. The molecule has 0 spiro atoms. The van der Waals surface area contributed by atoms with Gasteiger partial charge in [-0.2, -0.15) is 0 Å². The van der Waals surface area contributed by atoms with Crippen LogP contribution < -0.4 is 5.73 Å². The van der Waals surface area contributed by atoms with Crippen LogP contribution in [0, 0.1) is 21.2 Å². The molecular weight excluding hydrogens is 368 g/mol. The van der Waals surface area contributed by atoms with Gasteiger partial charge in [-0.3, -0.25) is 0 Å². The third-order valence-corrected chi connectivity index (χ3v) is 5.30. The minimum absolute atomic E-state index is 0.198. The first kappa shape index (κ1) is 14.1. The van der Waals surface area contributed by atoms with Crippen LogP contribution in [0.25, 0.3) is 11.0 Å².